The predicted molar refractivity (Wildman–Crippen MR) is 54.8 cm³/mol. The van der Waals surface area contributed by atoms with Crippen LogP contribution in [0.3, 0.4) is 0 Å². The van der Waals surface area contributed by atoms with Crippen molar-refractivity contribution in [1.29, 1.82) is 0 Å². The van der Waals surface area contributed by atoms with Gasteiger partial charge in [0.2, 0.25) is 0 Å². The van der Waals surface area contributed by atoms with Gasteiger partial charge in [-0.1, -0.05) is 26.7 Å². The van der Waals surface area contributed by atoms with E-state index in [1.54, 1.807) is 0 Å². The van der Waals surface area contributed by atoms with Gasteiger partial charge in [0.1, 0.15) is 0 Å². The minimum absolute atomic E-state index is 0. The van der Waals surface area contributed by atoms with E-state index >= 15 is 0 Å². The van der Waals surface area contributed by atoms with Crippen molar-refractivity contribution in [3.63, 3.8) is 0 Å². The molecule has 0 aliphatic rings. The first kappa shape index (κ1) is 17.3. The molecule has 0 aliphatic carbocycles. The van der Waals surface area contributed by atoms with Crippen molar-refractivity contribution in [1.82, 2.24) is 0 Å². The molecule has 0 spiro atoms. The van der Waals surface area contributed by atoms with Crippen LogP contribution in [0, 0.1) is 6.92 Å². The van der Waals surface area contributed by atoms with E-state index in [1.165, 1.54) is 19.3 Å². The smallest absolute Gasteiger partial charge is 0.343 e. The number of thiol groups is 1. The second-order valence-electron chi connectivity index (χ2n) is 1.93. The zero-order valence-corrected chi connectivity index (χ0v) is 9.71. The molecule has 0 N–H and O–H groups in total. The molecule has 0 aromatic heterocycles. The van der Waals surface area contributed by atoms with E-state index in [0.717, 1.165) is 12.2 Å². The quantitative estimate of drug-likeness (QED) is 0.377. The average Bonchev–Trinajstić information content (AvgIpc) is 1.91. The van der Waals surface area contributed by atoms with Crippen molar-refractivity contribution in [2.45, 2.75) is 39.5 Å². The fourth-order valence-electron chi connectivity index (χ4n) is 0.158. The van der Waals surface area contributed by atoms with Crippen LogP contribution in [0.15, 0.2) is 0 Å². The van der Waals surface area contributed by atoms with Gasteiger partial charge >= 0.3 is 23.1 Å². The van der Waals surface area contributed by atoms with E-state index in [-0.39, 0.29) is 23.1 Å². The molecule has 0 radical (unpaired) electrons. The third kappa shape index (κ3) is 35.4. The second-order valence-corrected chi connectivity index (χ2v) is 2.38. The van der Waals surface area contributed by atoms with Crippen molar-refractivity contribution in [3.8, 4) is 0 Å². The maximum Gasteiger partial charge on any atom is 2.00 e. The van der Waals surface area contributed by atoms with Gasteiger partial charge in [-0.2, -0.15) is 19.0 Å². The van der Waals surface area contributed by atoms with E-state index < -0.39 is 0 Å². The van der Waals surface area contributed by atoms with Gasteiger partial charge in [0, 0.05) is 0 Å². The first-order chi connectivity index (χ1) is 4.33. The fraction of sp³-hybridized carbons (Fsp3) is 0.875. The molecule has 0 aromatic rings. The van der Waals surface area contributed by atoms with Crippen LogP contribution >= 0.6 is 12.6 Å². The standard InChI is InChI=1S/C4H10S.C4H9.Mg/c1-2-3-4-5;1-3-4-2;/h5H,2-4H2,1H3;1,3-4H2,2H3;/q;-1;+2. The van der Waals surface area contributed by atoms with Crippen molar-refractivity contribution in [2.24, 2.45) is 0 Å². The summed E-state index contributed by atoms with van der Waals surface area (Å²) in [5.74, 6) is 1.04. The molecule has 0 aromatic carbocycles. The maximum atomic E-state index is 4.00. The molecule has 0 saturated carbocycles. The summed E-state index contributed by atoms with van der Waals surface area (Å²) in [6, 6.07) is 0. The molecule has 0 rings (SSSR count). The molecular formula is C8H19MgS+. The van der Waals surface area contributed by atoms with E-state index in [0.29, 0.717) is 0 Å². The minimum atomic E-state index is 0. The van der Waals surface area contributed by atoms with Crippen LogP contribution in [-0.2, 0) is 0 Å². The number of unbranched alkanes of at least 4 members (excludes halogenated alkanes) is 2. The molecule has 0 amide bonds. The third-order valence-corrected chi connectivity index (χ3v) is 1.18. The first-order valence-electron chi connectivity index (χ1n) is 3.73. The molecule has 0 atom stereocenters. The first-order valence-corrected chi connectivity index (χ1v) is 4.36. The maximum absolute atomic E-state index is 4.00. The largest absolute Gasteiger partial charge is 2.00 e. The third-order valence-electron chi connectivity index (χ3n) is 0.865. The van der Waals surface area contributed by atoms with Crippen molar-refractivity contribution in [2.75, 3.05) is 5.75 Å². The summed E-state index contributed by atoms with van der Waals surface area (Å²) < 4.78 is 0. The molecule has 0 nitrogen and oxygen atoms in total. The SMILES string of the molecule is CCCCS.[CH2-]CCC.[Mg+2]. The average molecular weight is 172 g/mol. The van der Waals surface area contributed by atoms with Crippen molar-refractivity contribution in [3.05, 3.63) is 6.92 Å². The number of rotatable bonds is 3. The van der Waals surface area contributed by atoms with Crippen molar-refractivity contribution < 1.29 is 0 Å². The van der Waals surface area contributed by atoms with Gasteiger partial charge in [0.25, 0.3) is 0 Å². The van der Waals surface area contributed by atoms with Gasteiger partial charge in [0.15, 0.2) is 0 Å². The Labute approximate surface area is 87.7 Å². The summed E-state index contributed by atoms with van der Waals surface area (Å²) in [5, 5.41) is 0. The molecular weight excluding hydrogens is 152 g/mol. The molecule has 0 heterocycles. The van der Waals surface area contributed by atoms with E-state index in [9.17, 15) is 0 Å². The zero-order valence-electron chi connectivity index (χ0n) is 7.40. The van der Waals surface area contributed by atoms with Gasteiger partial charge in [0.05, 0.1) is 0 Å². The van der Waals surface area contributed by atoms with Gasteiger partial charge < -0.3 is 6.92 Å². The van der Waals surface area contributed by atoms with Crippen LogP contribution < -0.4 is 0 Å². The topological polar surface area (TPSA) is 0 Å². The molecule has 0 bridgehead atoms. The fourth-order valence-corrected chi connectivity index (χ4v) is 0.474. The summed E-state index contributed by atoms with van der Waals surface area (Å²) in [6.45, 7) is 7.89. The monoisotopic (exact) mass is 171 g/mol. The number of hydrogen-bond acceptors (Lipinski definition) is 1. The Kier molecular flexibility index (Phi) is 38.8. The summed E-state index contributed by atoms with van der Waals surface area (Å²) in [7, 11) is 0. The Morgan fingerprint density at radius 2 is 1.60 bits per heavy atom. The molecule has 0 saturated heterocycles. The van der Waals surface area contributed by atoms with Crippen LogP contribution in [0.1, 0.15) is 39.5 Å². The normalized spacial score (nSPS) is 7.20. The van der Waals surface area contributed by atoms with Crippen LogP contribution in [0.25, 0.3) is 0 Å². The van der Waals surface area contributed by atoms with Crippen LogP contribution in [-0.4, -0.2) is 28.8 Å². The van der Waals surface area contributed by atoms with Crippen LogP contribution in [0.4, 0.5) is 0 Å². The summed E-state index contributed by atoms with van der Waals surface area (Å²) >= 11 is 4.00. The Balaban J connectivity index is -0.0000000910. The Morgan fingerprint density at radius 3 is 1.60 bits per heavy atom. The Bertz CT molecular complexity index is 28.4. The van der Waals surface area contributed by atoms with Gasteiger partial charge in [-0.25, -0.2) is 0 Å². The van der Waals surface area contributed by atoms with Crippen LogP contribution in [0.2, 0.25) is 0 Å². The van der Waals surface area contributed by atoms with E-state index in [1.807, 2.05) is 0 Å². The summed E-state index contributed by atoms with van der Waals surface area (Å²) in [4.78, 5) is 0. The Morgan fingerprint density at radius 1 is 1.20 bits per heavy atom. The van der Waals surface area contributed by atoms with Gasteiger partial charge in [-0.15, -0.1) is 0 Å². The summed E-state index contributed by atoms with van der Waals surface area (Å²) in [5.41, 5.74) is 0. The zero-order chi connectivity index (χ0) is 7.54. The minimum Gasteiger partial charge on any atom is -0.343 e. The van der Waals surface area contributed by atoms with Crippen LogP contribution in [0.5, 0.6) is 0 Å². The molecule has 0 aliphatic heterocycles. The van der Waals surface area contributed by atoms with E-state index in [2.05, 4.69) is 33.4 Å². The van der Waals surface area contributed by atoms with Gasteiger partial charge in [-0.3, -0.25) is 0 Å². The predicted octanol–water partition coefficient (Wildman–Crippen LogP) is 2.96. The number of hydrogen-bond donors (Lipinski definition) is 1. The molecule has 2 heteroatoms. The van der Waals surface area contributed by atoms with Crippen molar-refractivity contribution >= 4 is 35.7 Å². The molecule has 0 fully saturated rings. The Hall–Kier alpha value is 1.12. The molecule has 10 heavy (non-hydrogen) atoms. The van der Waals surface area contributed by atoms with Gasteiger partial charge in [-0.05, 0) is 12.2 Å². The molecule has 0 unspecified atom stereocenters. The molecule has 58 valence electrons. The summed E-state index contributed by atoms with van der Waals surface area (Å²) in [6.07, 6.45) is 4.80. The second kappa shape index (κ2) is 22.5. The van der Waals surface area contributed by atoms with E-state index in [4.69, 9.17) is 0 Å².